The molecule has 1 heterocycles. The first kappa shape index (κ1) is 13.5. The van der Waals surface area contributed by atoms with Crippen LogP contribution in [0.2, 0.25) is 0 Å². The summed E-state index contributed by atoms with van der Waals surface area (Å²) in [6.45, 7) is 2.46. The average molecular weight is 268 g/mol. The summed E-state index contributed by atoms with van der Waals surface area (Å²) in [6, 6.07) is 0.574. The van der Waals surface area contributed by atoms with E-state index in [0.717, 1.165) is 5.01 Å². The minimum Gasteiger partial charge on any atom is -0.477 e. The molecule has 0 aliphatic heterocycles. The van der Waals surface area contributed by atoms with E-state index in [4.69, 9.17) is 5.11 Å². The van der Waals surface area contributed by atoms with E-state index in [0.29, 0.717) is 23.2 Å². The Morgan fingerprint density at radius 2 is 2.06 bits per heavy atom. The zero-order chi connectivity index (χ0) is 13.0. The summed E-state index contributed by atoms with van der Waals surface area (Å²) in [4.78, 5) is 15.6. The van der Waals surface area contributed by atoms with Crippen LogP contribution in [-0.2, 0) is 6.54 Å². The second-order valence-corrected chi connectivity index (χ2v) is 5.98. The van der Waals surface area contributed by atoms with Gasteiger partial charge in [0.1, 0.15) is 9.88 Å². The number of aryl methyl sites for hydroxylation is 1. The number of nitrogens with one attached hydrogen (secondary N) is 1. The molecule has 0 unspecified atom stereocenters. The van der Waals surface area contributed by atoms with Gasteiger partial charge in [-0.1, -0.05) is 25.7 Å². The Morgan fingerprint density at radius 3 is 2.61 bits per heavy atom. The Bertz CT molecular complexity index is 409. The van der Waals surface area contributed by atoms with Crippen LogP contribution >= 0.6 is 11.3 Å². The van der Waals surface area contributed by atoms with Crippen molar-refractivity contribution in [1.29, 1.82) is 0 Å². The van der Waals surface area contributed by atoms with E-state index in [1.54, 1.807) is 6.92 Å². The Balaban J connectivity index is 1.89. The second-order valence-electron chi connectivity index (χ2n) is 4.90. The highest BCUT2D eigenvalue weighted by Gasteiger charge is 2.16. The highest BCUT2D eigenvalue weighted by Crippen LogP contribution is 2.20. The Labute approximate surface area is 111 Å². The molecule has 5 heteroatoms. The van der Waals surface area contributed by atoms with Gasteiger partial charge in [0, 0.05) is 12.6 Å². The van der Waals surface area contributed by atoms with Gasteiger partial charge in [-0.15, -0.1) is 11.3 Å². The van der Waals surface area contributed by atoms with Crippen LogP contribution in [0.1, 0.15) is 58.9 Å². The smallest absolute Gasteiger partial charge is 0.347 e. The van der Waals surface area contributed by atoms with Crippen LogP contribution in [0.15, 0.2) is 0 Å². The van der Waals surface area contributed by atoms with Crippen LogP contribution in [0.4, 0.5) is 0 Å². The van der Waals surface area contributed by atoms with E-state index in [-0.39, 0.29) is 0 Å². The summed E-state index contributed by atoms with van der Waals surface area (Å²) in [6.07, 6.45) is 7.76. The van der Waals surface area contributed by atoms with Crippen LogP contribution < -0.4 is 5.32 Å². The molecule has 0 aromatic carbocycles. The lowest BCUT2D eigenvalue weighted by atomic mass is 10.1. The third-order valence-corrected chi connectivity index (χ3v) is 4.58. The fourth-order valence-electron chi connectivity index (χ4n) is 2.44. The van der Waals surface area contributed by atoms with Crippen molar-refractivity contribution in [2.45, 2.75) is 58.0 Å². The number of nitrogens with zero attached hydrogens (tertiary/aromatic N) is 1. The molecule has 0 amide bonds. The topological polar surface area (TPSA) is 62.2 Å². The number of carbonyl (C=O) groups is 1. The van der Waals surface area contributed by atoms with E-state index in [9.17, 15) is 4.79 Å². The lowest BCUT2D eigenvalue weighted by molar-refractivity contribution is 0.0701. The van der Waals surface area contributed by atoms with Crippen molar-refractivity contribution in [2.75, 3.05) is 0 Å². The molecule has 0 spiro atoms. The maximum Gasteiger partial charge on any atom is 0.347 e. The van der Waals surface area contributed by atoms with Crippen molar-refractivity contribution < 1.29 is 9.90 Å². The summed E-state index contributed by atoms with van der Waals surface area (Å²) in [5.41, 5.74) is 0.630. The van der Waals surface area contributed by atoms with Gasteiger partial charge < -0.3 is 10.4 Å². The average Bonchev–Trinajstić information content (AvgIpc) is 2.55. The normalized spacial score (nSPS) is 17.6. The fraction of sp³-hybridized carbons (Fsp3) is 0.692. The van der Waals surface area contributed by atoms with Crippen LogP contribution in [-0.4, -0.2) is 22.1 Å². The first-order valence-corrected chi connectivity index (χ1v) is 7.41. The maximum atomic E-state index is 10.9. The molecule has 18 heavy (non-hydrogen) atoms. The molecule has 1 fully saturated rings. The Morgan fingerprint density at radius 1 is 1.39 bits per heavy atom. The summed E-state index contributed by atoms with van der Waals surface area (Å²) in [7, 11) is 0. The molecule has 1 saturated carbocycles. The zero-order valence-electron chi connectivity index (χ0n) is 10.7. The highest BCUT2D eigenvalue weighted by atomic mass is 32.1. The van der Waals surface area contributed by atoms with Crippen molar-refractivity contribution in [3.8, 4) is 0 Å². The van der Waals surface area contributed by atoms with Crippen LogP contribution in [0.5, 0.6) is 0 Å². The molecule has 0 bridgehead atoms. The standard InChI is InChI=1S/C13H20N2O2S/c1-9-12(13(16)17)18-11(15-9)8-14-10-6-4-2-3-5-7-10/h10,14H,2-8H2,1H3,(H,16,17). The number of thiazole rings is 1. The molecule has 0 saturated heterocycles. The lowest BCUT2D eigenvalue weighted by Crippen LogP contribution is -2.27. The molecule has 2 N–H and O–H groups in total. The predicted molar refractivity (Wildman–Crippen MR) is 72.1 cm³/mol. The molecular formula is C13H20N2O2S. The molecule has 1 aliphatic rings. The van der Waals surface area contributed by atoms with E-state index in [1.807, 2.05) is 0 Å². The third kappa shape index (κ3) is 3.53. The number of carboxylic acid groups (broad SMARTS) is 1. The van der Waals surface area contributed by atoms with Gasteiger partial charge in [0.2, 0.25) is 0 Å². The summed E-state index contributed by atoms with van der Waals surface area (Å²) in [5.74, 6) is -0.870. The van der Waals surface area contributed by atoms with Gasteiger partial charge in [-0.05, 0) is 19.8 Å². The van der Waals surface area contributed by atoms with Gasteiger partial charge in [0.05, 0.1) is 5.69 Å². The molecule has 0 radical (unpaired) electrons. The quantitative estimate of drug-likeness (QED) is 0.824. The van der Waals surface area contributed by atoms with E-state index < -0.39 is 5.97 Å². The molecule has 1 aliphatic carbocycles. The molecule has 2 rings (SSSR count). The SMILES string of the molecule is Cc1nc(CNC2CCCCCC2)sc1C(=O)O. The third-order valence-electron chi connectivity index (χ3n) is 3.43. The number of rotatable bonds is 4. The summed E-state index contributed by atoms with van der Waals surface area (Å²) in [5, 5.41) is 13.4. The maximum absolute atomic E-state index is 10.9. The van der Waals surface area contributed by atoms with Gasteiger partial charge in [0.25, 0.3) is 0 Å². The number of aromatic carboxylic acids is 1. The van der Waals surface area contributed by atoms with Crippen LogP contribution in [0.3, 0.4) is 0 Å². The zero-order valence-corrected chi connectivity index (χ0v) is 11.6. The molecule has 1 aromatic heterocycles. The molecule has 100 valence electrons. The number of carboxylic acids is 1. The molecule has 0 atom stereocenters. The first-order valence-electron chi connectivity index (χ1n) is 6.60. The largest absolute Gasteiger partial charge is 0.477 e. The minimum atomic E-state index is -0.870. The van der Waals surface area contributed by atoms with E-state index in [1.165, 1.54) is 49.9 Å². The van der Waals surface area contributed by atoms with Gasteiger partial charge in [-0.25, -0.2) is 9.78 Å². The van der Waals surface area contributed by atoms with Crippen molar-refractivity contribution in [3.63, 3.8) is 0 Å². The van der Waals surface area contributed by atoms with Crippen molar-refractivity contribution in [2.24, 2.45) is 0 Å². The number of hydrogen-bond acceptors (Lipinski definition) is 4. The predicted octanol–water partition coefficient (Wildman–Crippen LogP) is 2.96. The molecular weight excluding hydrogens is 248 g/mol. The van der Waals surface area contributed by atoms with Crippen molar-refractivity contribution >= 4 is 17.3 Å². The minimum absolute atomic E-state index is 0.368. The first-order chi connectivity index (χ1) is 8.66. The Hall–Kier alpha value is -0.940. The highest BCUT2D eigenvalue weighted by molar-refractivity contribution is 7.13. The van der Waals surface area contributed by atoms with E-state index in [2.05, 4.69) is 10.3 Å². The number of aromatic nitrogens is 1. The van der Waals surface area contributed by atoms with Crippen molar-refractivity contribution in [3.05, 3.63) is 15.6 Å². The Kier molecular flexibility index (Phi) is 4.72. The lowest BCUT2D eigenvalue weighted by Gasteiger charge is -2.14. The van der Waals surface area contributed by atoms with Crippen molar-refractivity contribution in [1.82, 2.24) is 10.3 Å². The van der Waals surface area contributed by atoms with Crippen LogP contribution in [0, 0.1) is 6.92 Å². The van der Waals surface area contributed by atoms with E-state index >= 15 is 0 Å². The molecule has 4 nitrogen and oxygen atoms in total. The van der Waals surface area contributed by atoms with Crippen LogP contribution in [0.25, 0.3) is 0 Å². The summed E-state index contributed by atoms with van der Waals surface area (Å²) < 4.78 is 0. The van der Waals surface area contributed by atoms with Gasteiger partial charge >= 0.3 is 5.97 Å². The fourth-order valence-corrected chi connectivity index (χ4v) is 3.30. The number of hydrogen-bond donors (Lipinski definition) is 2. The summed E-state index contributed by atoms with van der Waals surface area (Å²) >= 11 is 1.29. The van der Waals surface area contributed by atoms with Gasteiger partial charge in [-0.3, -0.25) is 0 Å². The van der Waals surface area contributed by atoms with Gasteiger partial charge in [-0.2, -0.15) is 0 Å². The van der Waals surface area contributed by atoms with Gasteiger partial charge in [0.15, 0.2) is 0 Å². The second kappa shape index (κ2) is 6.29. The molecule has 1 aromatic rings. The monoisotopic (exact) mass is 268 g/mol.